The molecule has 9 nitrogen and oxygen atoms in total. The zero-order valence-electron chi connectivity index (χ0n) is 19.6. The Hall–Kier alpha value is -3.59. The highest BCUT2D eigenvalue weighted by Gasteiger charge is 2.39. The summed E-state index contributed by atoms with van der Waals surface area (Å²) in [4.78, 5) is 39.2. The first-order chi connectivity index (χ1) is 16.3. The molecule has 180 valence electrons. The first-order valence-corrected chi connectivity index (χ1v) is 11.4. The molecular formula is C25H30N4O5. The zero-order chi connectivity index (χ0) is 24.2. The minimum Gasteiger partial charge on any atom is -0.490 e. The molecule has 34 heavy (non-hydrogen) atoms. The van der Waals surface area contributed by atoms with Gasteiger partial charge in [0.05, 0.1) is 24.1 Å². The smallest absolute Gasteiger partial charge is 0.323 e. The van der Waals surface area contributed by atoms with Crippen molar-refractivity contribution in [3.8, 4) is 5.75 Å². The molecule has 2 aliphatic heterocycles. The van der Waals surface area contributed by atoms with Gasteiger partial charge in [-0.3, -0.25) is 9.59 Å². The summed E-state index contributed by atoms with van der Waals surface area (Å²) in [5, 5.41) is 8.17. The number of hydrogen-bond acceptors (Lipinski definition) is 5. The van der Waals surface area contributed by atoms with Crippen LogP contribution in [0.1, 0.15) is 35.2 Å². The second-order valence-electron chi connectivity index (χ2n) is 8.70. The Morgan fingerprint density at radius 1 is 1.06 bits per heavy atom. The van der Waals surface area contributed by atoms with Crippen LogP contribution in [0.4, 0.5) is 16.2 Å². The van der Waals surface area contributed by atoms with Crippen molar-refractivity contribution in [2.75, 3.05) is 31.3 Å². The Bertz CT molecular complexity index is 1070. The van der Waals surface area contributed by atoms with Crippen molar-refractivity contribution in [1.29, 1.82) is 0 Å². The fourth-order valence-electron chi connectivity index (χ4n) is 4.34. The number of nitrogens with one attached hydrogen (secondary N) is 3. The molecule has 9 heteroatoms. The number of amides is 4. The lowest BCUT2D eigenvalue weighted by molar-refractivity contribution is -0.133. The van der Waals surface area contributed by atoms with Gasteiger partial charge in [-0.05, 0) is 50.1 Å². The van der Waals surface area contributed by atoms with Gasteiger partial charge in [0.15, 0.2) is 0 Å². The van der Waals surface area contributed by atoms with Gasteiger partial charge in [0, 0.05) is 25.5 Å². The molecule has 2 heterocycles. The molecule has 0 spiro atoms. The van der Waals surface area contributed by atoms with Gasteiger partial charge in [0.1, 0.15) is 18.5 Å². The number of fused-ring (bicyclic) bond motifs is 2. The van der Waals surface area contributed by atoms with Crippen molar-refractivity contribution in [1.82, 2.24) is 10.2 Å². The number of nitrogens with zero attached hydrogens (tertiary/aromatic N) is 1. The van der Waals surface area contributed by atoms with Gasteiger partial charge in [-0.1, -0.05) is 17.7 Å². The third-order valence-electron chi connectivity index (χ3n) is 6.27. The first-order valence-electron chi connectivity index (χ1n) is 11.4. The number of hydrogen-bond donors (Lipinski definition) is 3. The highest BCUT2D eigenvalue weighted by Crippen LogP contribution is 2.32. The summed E-state index contributed by atoms with van der Waals surface area (Å²) in [6.45, 7) is 2.24. The molecule has 1 saturated heterocycles. The topological polar surface area (TPSA) is 109 Å². The predicted molar refractivity (Wildman–Crippen MR) is 128 cm³/mol. The average Bonchev–Trinajstić information content (AvgIpc) is 2.83. The largest absolute Gasteiger partial charge is 0.490 e. The van der Waals surface area contributed by atoms with E-state index in [9.17, 15) is 14.4 Å². The zero-order valence-corrected chi connectivity index (χ0v) is 19.6. The highest BCUT2D eigenvalue weighted by molar-refractivity contribution is 6.02. The third kappa shape index (κ3) is 5.31. The number of carbonyl (C=O) groups excluding carboxylic acids is 3. The number of benzene rings is 2. The van der Waals surface area contributed by atoms with Crippen LogP contribution in [0.5, 0.6) is 5.75 Å². The summed E-state index contributed by atoms with van der Waals surface area (Å²) in [5.41, 5.74) is 2.63. The highest BCUT2D eigenvalue weighted by atomic mass is 16.5. The van der Waals surface area contributed by atoms with Crippen molar-refractivity contribution in [3.63, 3.8) is 0 Å². The Balaban J connectivity index is 1.46. The van der Waals surface area contributed by atoms with Gasteiger partial charge in [-0.25, -0.2) is 4.79 Å². The van der Waals surface area contributed by atoms with E-state index >= 15 is 0 Å². The van der Waals surface area contributed by atoms with E-state index in [2.05, 4.69) is 16.0 Å². The minimum atomic E-state index is -0.403. The Labute approximate surface area is 198 Å². The van der Waals surface area contributed by atoms with Crippen LogP contribution in [0.25, 0.3) is 0 Å². The molecule has 4 rings (SSSR count). The van der Waals surface area contributed by atoms with Crippen LogP contribution < -0.4 is 20.7 Å². The predicted octanol–water partition coefficient (Wildman–Crippen LogP) is 3.16. The molecule has 4 amide bonds. The molecule has 0 saturated carbocycles. The summed E-state index contributed by atoms with van der Waals surface area (Å²) in [6, 6.07) is 11.9. The normalized spacial score (nSPS) is 21.8. The van der Waals surface area contributed by atoms with Gasteiger partial charge in [-0.2, -0.15) is 0 Å². The molecule has 2 aromatic carbocycles. The van der Waals surface area contributed by atoms with Crippen LogP contribution in [-0.2, 0) is 9.53 Å². The maximum Gasteiger partial charge on any atom is 0.323 e. The number of rotatable bonds is 4. The SMILES string of the molecule is CNC(=O)C[C@H]1CC[C@@H]2[C@@H](COc3ccc(NC(=O)Nc4ccc(C)cc4)cc3C(=O)N2C)O1. The van der Waals surface area contributed by atoms with Gasteiger partial charge >= 0.3 is 6.03 Å². The van der Waals surface area contributed by atoms with Crippen molar-refractivity contribution in [2.24, 2.45) is 0 Å². The van der Waals surface area contributed by atoms with Gasteiger partial charge in [-0.15, -0.1) is 0 Å². The fraction of sp³-hybridized carbons (Fsp3) is 0.400. The van der Waals surface area contributed by atoms with E-state index in [0.717, 1.165) is 5.56 Å². The molecule has 0 radical (unpaired) electrons. The van der Waals surface area contributed by atoms with Gasteiger partial charge in [0.25, 0.3) is 5.91 Å². The minimum absolute atomic E-state index is 0.0727. The average molecular weight is 467 g/mol. The molecule has 3 atom stereocenters. The van der Waals surface area contributed by atoms with E-state index in [1.165, 1.54) is 0 Å². The van der Waals surface area contributed by atoms with E-state index in [4.69, 9.17) is 9.47 Å². The van der Waals surface area contributed by atoms with Crippen LogP contribution in [-0.4, -0.2) is 61.7 Å². The van der Waals surface area contributed by atoms with E-state index in [0.29, 0.717) is 35.5 Å². The summed E-state index contributed by atoms with van der Waals surface area (Å²) in [6.07, 6.45) is 1.15. The van der Waals surface area contributed by atoms with Crippen LogP contribution >= 0.6 is 0 Å². The van der Waals surface area contributed by atoms with E-state index in [-0.39, 0.29) is 43.1 Å². The van der Waals surface area contributed by atoms with Crippen molar-refractivity contribution in [2.45, 2.75) is 44.4 Å². The lowest BCUT2D eigenvalue weighted by atomic mass is 9.94. The molecule has 0 bridgehead atoms. The number of urea groups is 1. The lowest BCUT2D eigenvalue weighted by Gasteiger charge is -2.42. The van der Waals surface area contributed by atoms with E-state index < -0.39 is 6.03 Å². The Morgan fingerprint density at radius 3 is 2.50 bits per heavy atom. The molecule has 0 unspecified atom stereocenters. The van der Waals surface area contributed by atoms with E-state index in [1.807, 2.05) is 31.2 Å². The first kappa shape index (κ1) is 23.6. The molecular weight excluding hydrogens is 436 g/mol. The fourth-order valence-corrected chi connectivity index (χ4v) is 4.34. The molecule has 2 aromatic rings. The van der Waals surface area contributed by atoms with Crippen LogP contribution in [0.3, 0.4) is 0 Å². The van der Waals surface area contributed by atoms with Crippen molar-refractivity contribution in [3.05, 3.63) is 53.6 Å². The van der Waals surface area contributed by atoms with E-state index in [1.54, 1.807) is 37.2 Å². The van der Waals surface area contributed by atoms with Crippen molar-refractivity contribution >= 4 is 29.2 Å². The van der Waals surface area contributed by atoms with Gasteiger partial charge < -0.3 is 30.3 Å². The summed E-state index contributed by atoms with van der Waals surface area (Å²) in [5.74, 6) is 0.147. The second kappa shape index (κ2) is 10.1. The molecule has 2 aliphatic rings. The van der Waals surface area contributed by atoms with Crippen LogP contribution in [0, 0.1) is 6.92 Å². The summed E-state index contributed by atoms with van der Waals surface area (Å²) < 4.78 is 12.1. The second-order valence-corrected chi connectivity index (χ2v) is 8.70. The number of aryl methyl sites for hydroxylation is 1. The Morgan fingerprint density at radius 2 is 1.76 bits per heavy atom. The number of ether oxygens (including phenoxy) is 2. The number of likely N-dealkylation sites (N-methyl/N-ethyl adjacent to an activating group) is 1. The van der Waals surface area contributed by atoms with Crippen LogP contribution in [0.2, 0.25) is 0 Å². The summed E-state index contributed by atoms with van der Waals surface area (Å²) >= 11 is 0. The van der Waals surface area contributed by atoms with Gasteiger partial charge in [0.2, 0.25) is 5.91 Å². The molecule has 1 fully saturated rings. The molecule has 0 aliphatic carbocycles. The maximum absolute atomic E-state index is 13.3. The maximum atomic E-state index is 13.3. The number of anilines is 2. The Kier molecular flexibility index (Phi) is 7.02. The van der Waals surface area contributed by atoms with Crippen LogP contribution in [0.15, 0.2) is 42.5 Å². The quantitative estimate of drug-likeness (QED) is 0.641. The lowest BCUT2D eigenvalue weighted by Crippen LogP contribution is -2.53. The monoisotopic (exact) mass is 466 g/mol. The summed E-state index contributed by atoms with van der Waals surface area (Å²) in [7, 11) is 3.35. The standard InChI is InChI=1S/C25H30N4O5/c1-15-4-6-16(7-5-15)27-25(32)28-17-8-11-21-19(12-17)24(31)29(3)20-10-9-18(13-23(30)26-2)34-22(20)14-33-21/h4-8,11-12,18,20,22H,9-10,13-14H2,1-3H3,(H,26,30)(H2,27,28,32)/t18-,20-,22-/m1/s1. The molecule has 3 N–H and O–H groups in total. The van der Waals surface area contributed by atoms with Crippen molar-refractivity contribution < 1.29 is 23.9 Å². The molecule has 0 aromatic heterocycles. The third-order valence-corrected chi connectivity index (χ3v) is 6.27. The number of carbonyl (C=O) groups is 3.